The average Bonchev–Trinajstić information content (AvgIpc) is 2.06. The van der Waals surface area contributed by atoms with Crippen LogP contribution < -0.4 is 0 Å². The highest BCUT2D eigenvalue weighted by molar-refractivity contribution is 14.1. The summed E-state index contributed by atoms with van der Waals surface area (Å²) < 4.78 is 12.1. The molecule has 0 atom stereocenters. The molecule has 0 bridgehead atoms. The van der Waals surface area contributed by atoms with Gasteiger partial charge in [-0.25, -0.2) is 0 Å². The van der Waals surface area contributed by atoms with Crippen molar-refractivity contribution in [3.8, 4) is 0 Å². The summed E-state index contributed by atoms with van der Waals surface area (Å²) in [5.41, 5.74) is 0.154. The number of hydrogen-bond donors (Lipinski definition) is 0. The van der Waals surface area contributed by atoms with E-state index < -0.39 is 0 Å². The predicted molar refractivity (Wildman–Crippen MR) is 53.0 cm³/mol. The van der Waals surface area contributed by atoms with Crippen molar-refractivity contribution in [2.75, 3.05) is 17.6 Å². The van der Waals surface area contributed by atoms with Crippen LogP contribution in [0.2, 0.25) is 0 Å². The van der Waals surface area contributed by atoms with Crippen molar-refractivity contribution < 1.29 is 9.47 Å². The molecule has 0 aromatic rings. The second kappa shape index (κ2) is 4.05. The van der Waals surface area contributed by atoms with E-state index in [-0.39, 0.29) is 11.7 Å². The molecule has 0 aromatic carbocycles. The highest BCUT2D eigenvalue weighted by Gasteiger charge is 2.31. The molecule has 1 rings (SSSR count). The molecule has 0 spiro atoms. The average molecular weight is 270 g/mol. The highest BCUT2D eigenvalue weighted by atomic mass is 127. The standard InChI is InChI=1S/C8H15IO2/c1-8(2,6-9)7-10-4-3-5-11-7/h7H,3-6H2,1-2H3. The van der Waals surface area contributed by atoms with E-state index in [2.05, 4.69) is 36.4 Å². The van der Waals surface area contributed by atoms with Gasteiger partial charge in [0, 0.05) is 9.84 Å². The summed E-state index contributed by atoms with van der Waals surface area (Å²) >= 11 is 2.37. The molecule has 11 heavy (non-hydrogen) atoms. The summed E-state index contributed by atoms with van der Waals surface area (Å²) in [6.45, 7) is 6.06. The molecule has 1 aliphatic heterocycles. The third kappa shape index (κ3) is 2.56. The van der Waals surface area contributed by atoms with E-state index in [1.807, 2.05) is 0 Å². The van der Waals surface area contributed by atoms with E-state index in [0.29, 0.717) is 0 Å². The molecule has 0 radical (unpaired) electrons. The Morgan fingerprint density at radius 2 is 1.91 bits per heavy atom. The van der Waals surface area contributed by atoms with Gasteiger partial charge >= 0.3 is 0 Å². The molecule has 0 saturated carbocycles. The topological polar surface area (TPSA) is 18.5 Å². The monoisotopic (exact) mass is 270 g/mol. The van der Waals surface area contributed by atoms with Gasteiger partial charge in [-0.2, -0.15) is 0 Å². The smallest absolute Gasteiger partial charge is 0.163 e. The van der Waals surface area contributed by atoms with E-state index in [1.54, 1.807) is 0 Å². The van der Waals surface area contributed by atoms with Gasteiger partial charge in [-0.1, -0.05) is 36.4 Å². The van der Waals surface area contributed by atoms with Crippen molar-refractivity contribution in [3.63, 3.8) is 0 Å². The number of halogens is 1. The minimum atomic E-state index is 0.00755. The van der Waals surface area contributed by atoms with Crippen LogP contribution in [0.1, 0.15) is 20.3 Å². The Labute approximate surface area is 81.8 Å². The first-order valence-corrected chi connectivity index (χ1v) is 5.48. The zero-order chi connectivity index (χ0) is 8.32. The van der Waals surface area contributed by atoms with Crippen LogP contribution in [-0.4, -0.2) is 23.9 Å². The van der Waals surface area contributed by atoms with E-state index in [0.717, 1.165) is 24.1 Å². The summed E-state index contributed by atoms with van der Waals surface area (Å²) in [5, 5.41) is 0. The van der Waals surface area contributed by atoms with Crippen molar-refractivity contribution in [2.24, 2.45) is 5.41 Å². The largest absolute Gasteiger partial charge is 0.352 e. The molecular weight excluding hydrogens is 255 g/mol. The lowest BCUT2D eigenvalue weighted by Crippen LogP contribution is -2.39. The Morgan fingerprint density at radius 1 is 1.36 bits per heavy atom. The third-order valence-electron chi connectivity index (χ3n) is 1.81. The Bertz CT molecular complexity index is 119. The molecule has 0 aromatic heterocycles. The maximum atomic E-state index is 5.51. The maximum absolute atomic E-state index is 5.51. The first-order chi connectivity index (χ1) is 5.17. The lowest BCUT2D eigenvalue weighted by atomic mass is 9.95. The van der Waals surface area contributed by atoms with Crippen LogP contribution in [0.4, 0.5) is 0 Å². The van der Waals surface area contributed by atoms with Crippen LogP contribution in [0, 0.1) is 5.41 Å². The fraction of sp³-hybridized carbons (Fsp3) is 1.00. The maximum Gasteiger partial charge on any atom is 0.163 e. The van der Waals surface area contributed by atoms with E-state index >= 15 is 0 Å². The minimum Gasteiger partial charge on any atom is -0.352 e. The molecule has 1 saturated heterocycles. The molecule has 0 aliphatic carbocycles. The van der Waals surface area contributed by atoms with Crippen LogP contribution >= 0.6 is 22.6 Å². The molecule has 1 heterocycles. The van der Waals surface area contributed by atoms with Gasteiger partial charge in [0.15, 0.2) is 6.29 Å². The third-order valence-corrected chi connectivity index (χ3v) is 3.78. The Morgan fingerprint density at radius 3 is 2.36 bits per heavy atom. The molecular formula is C8H15IO2. The SMILES string of the molecule is CC(C)(CI)C1OCCCO1. The Hall–Kier alpha value is 0.650. The minimum absolute atomic E-state index is 0.00755. The zero-order valence-electron chi connectivity index (χ0n) is 7.10. The fourth-order valence-electron chi connectivity index (χ4n) is 1.00. The van der Waals surface area contributed by atoms with Gasteiger partial charge in [0.05, 0.1) is 13.2 Å². The van der Waals surface area contributed by atoms with Crippen LogP contribution in [0.25, 0.3) is 0 Å². The number of rotatable bonds is 2. The lowest BCUT2D eigenvalue weighted by Gasteiger charge is -2.35. The van der Waals surface area contributed by atoms with Crippen molar-refractivity contribution in [1.29, 1.82) is 0 Å². The molecule has 1 fully saturated rings. The number of ether oxygens (including phenoxy) is 2. The molecule has 0 amide bonds. The zero-order valence-corrected chi connectivity index (χ0v) is 9.26. The summed E-state index contributed by atoms with van der Waals surface area (Å²) in [7, 11) is 0. The molecule has 66 valence electrons. The predicted octanol–water partition coefficient (Wildman–Crippen LogP) is 2.21. The highest BCUT2D eigenvalue weighted by Crippen LogP contribution is 2.28. The van der Waals surface area contributed by atoms with E-state index in [1.165, 1.54) is 0 Å². The molecule has 3 heteroatoms. The molecule has 0 unspecified atom stereocenters. The van der Waals surface area contributed by atoms with E-state index in [9.17, 15) is 0 Å². The fourth-order valence-corrected chi connectivity index (χ4v) is 1.36. The van der Waals surface area contributed by atoms with Gasteiger partial charge in [0.25, 0.3) is 0 Å². The number of alkyl halides is 1. The van der Waals surface area contributed by atoms with Crippen molar-refractivity contribution in [2.45, 2.75) is 26.6 Å². The second-order valence-electron chi connectivity index (χ2n) is 3.55. The van der Waals surface area contributed by atoms with Crippen LogP contribution in [0.5, 0.6) is 0 Å². The quantitative estimate of drug-likeness (QED) is 0.565. The van der Waals surface area contributed by atoms with Crippen LogP contribution in [0.15, 0.2) is 0 Å². The summed E-state index contributed by atoms with van der Waals surface area (Å²) in [5.74, 6) is 0. The second-order valence-corrected chi connectivity index (χ2v) is 4.31. The summed E-state index contributed by atoms with van der Waals surface area (Å²) in [4.78, 5) is 0. The Balaban J connectivity index is 2.43. The van der Waals surface area contributed by atoms with Crippen molar-refractivity contribution in [3.05, 3.63) is 0 Å². The first kappa shape index (κ1) is 9.74. The Kier molecular flexibility index (Phi) is 3.58. The lowest BCUT2D eigenvalue weighted by molar-refractivity contribution is -0.222. The van der Waals surface area contributed by atoms with E-state index in [4.69, 9.17) is 9.47 Å². The van der Waals surface area contributed by atoms with Gasteiger partial charge in [0.1, 0.15) is 0 Å². The first-order valence-electron chi connectivity index (χ1n) is 3.96. The molecule has 1 aliphatic rings. The van der Waals surface area contributed by atoms with Crippen molar-refractivity contribution in [1.82, 2.24) is 0 Å². The molecule has 0 N–H and O–H groups in total. The molecule has 2 nitrogen and oxygen atoms in total. The van der Waals surface area contributed by atoms with Crippen LogP contribution in [0.3, 0.4) is 0 Å². The summed E-state index contributed by atoms with van der Waals surface area (Å²) in [6, 6.07) is 0. The van der Waals surface area contributed by atoms with Gasteiger partial charge in [0.2, 0.25) is 0 Å². The van der Waals surface area contributed by atoms with Crippen molar-refractivity contribution >= 4 is 22.6 Å². The van der Waals surface area contributed by atoms with Gasteiger partial charge < -0.3 is 9.47 Å². The summed E-state index contributed by atoms with van der Waals surface area (Å²) in [6.07, 6.45) is 1.04. The number of hydrogen-bond acceptors (Lipinski definition) is 2. The normalized spacial score (nSPS) is 22.1. The van der Waals surface area contributed by atoms with Gasteiger partial charge in [-0.3, -0.25) is 0 Å². The van der Waals surface area contributed by atoms with Crippen LogP contribution in [-0.2, 0) is 9.47 Å². The van der Waals surface area contributed by atoms with Gasteiger partial charge in [-0.05, 0) is 6.42 Å². The van der Waals surface area contributed by atoms with Gasteiger partial charge in [-0.15, -0.1) is 0 Å².